The molecule has 3 heterocycles. The first kappa shape index (κ1) is 21.1. The van der Waals surface area contributed by atoms with Crippen LogP contribution in [-0.2, 0) is 10.9 Å². The summed E-state index contributed by atoms with van der Waals surface area (Å²) in [7, 11) is 0. The van der Waals surface area contributed by atoms with Crippen LogP contribution in [0.2, 0.25) is 0 Å². The van der Waals surface area contributed by atoms with Gasteiger partial charge >= 0.3 is 12.3 Å². The Morgan fingerprint density at radius 2 is 2.00 bits per heavy atom. The molecule has 3 rings (SSSR count). The van der Waals surface area contributed by atoms with Gasteiger partial charge in [0, 0.05) is 13.1 Å². The third-order valence-corrected chi connectivity index (χ3v) is 4.77. The molecule has 1 aliphatic rings. The highest BCUT2D eigenvalue weighted by molar-refractivity contribution is 5.67. The van der Waals surface area contributed by atoms with E-state index in [2.05, 4.69) is 20.6 Å². The topological polar surface area (TPSA) is 84.7 Å². The Morgan fingerprint density at radius 1 is 1.28 bits per heavy atom. The Labute approximate surface area is 166 Å². The van der Waals surface area contributed by atoms with Crippen LogP contribution < -0.4 is 10.2 Å². The zero-order valence-corrected chi connectivity index (χ0v) is 16.8. The molecule has 2 aromatic heterocycles. The minimum Gasteiger partial charge on any atom is -0.444 e. The first-order valence-corrected chi connectivity index (χ1v) is 9.49. The molecule has 1 saturated heterocycles. The third-order valence-electron chi connectivity index (χ3n) is 4.77. The number of hydrogen-bond donors (Lipinski definition) is 1. The number of carbonyl (C=O) groups is 1. The summed E-state index contributed by atoms with van der Waals surface area (Å²) in [6, 6.07) is 2.96. The van der Waals surface area contributed by atoms with Crippen molar-refractivity contribution in [3.8, 4) is 0 Å². The molecule has 0 radical (unpaired) electrons. The summed E-state index contributed by atoms with van der Waals surface area (Å²) >= 11 is 0. The van der Waals surface area contributed by atoms with Crippen molar-refractivity contribution < 1.29 is 22.7 Å². The second-order valence-electron chi connectivity index (χ2n) is 8.25. The fraction of sp³-hybridized carbons (Fsp3) is 0.667. The Hall–Kier alpha value is -2.59. The van der Waals surface area contributed by atoms with Crippen LogP contribution in [0.3, 0.4) is 0 Å². The number of aromatic nitrogens is 4. The fourth-order valence-corrected chi connectivity index (χ4v) is 3.46. The molecule has 29 heavy (non-hydrogen) atoms. The van der Waals surface area contributed by atoms with Crippen molar-refractivity contribution in [2.75, 3.05) is 18.0 Å². The lowest BCUT2D eigenvalue weighted by molar-refractivity contribution is -0.146. The van der Waals surface area contributed by atoms with Crippen molar-refractivity contribution >= 4 is 17.6 Å². The van der Waals surface area contributed by atoms with Gasteiger partial charge in [-0.2, -0.15) is 17.7 Å². The maximum Gasteiger partial charge on any atom is 0.453 e. The number of nitrogens with one attached hydrogen (secondary N) is 1. The number of hydrogen-bond acceptors (Lipinski definition) is 6. The van der Waals surface area contributed by atoms with Gasteiger partial charge in [0.1, 0.15) is 11.4 Å². The van der Waals surface area contributed by atoms with Gasteiger partial charge in [-0.25, -0.2) is 4.79 Å². The van der Waals surface area contributed by atoms with Gasteiger partial charge in [0.25, 0.3) is 5.82 Å². The molecule has 0 saturated carbocycles. The first-order valence-electron chi connectivity index (χ1n) is 9.49. The zero-order chi connectivity index (χ0) is 21.4. The van der Waals surface area contributed by atoms with Crippen LogP contribution in [0.25, 0.3) is 5.65 Å². The number of fused-ring (bicyclic) bond motifs is 1. The average molecular weight is 414 g/mol. The number of ether oxygens (including phenoxy) is 1. The van der Waals surface area contributed by atoms with Crippen molar-refractivity contribution in [2.45, 2.75) is 58.4 Å². The summed E-state index contributed by atoms with van der Waals surface area (Å²) < 4.78 is 45.5. The predicted octanol–water partition coefficient (Wildman–Crippen LogP) is 3.27. The molecule has 0 spiro atoms. The number of amides is 1. The molecule has 0 bridgehead atoms. The lowest BCUT2D eigenvalue weighted by Gasteiger charge is -2.40. The van der Waals surface area contributed by atoms with Crippen molar-refractivity contribution in [1.29, 1.82) is 0 Å². The number of piperidine rings is 1. The van der Waals surface area contributed by atoms with Gasteiger partial charge in [0.15, 0.2) is 5.65 Å². The van der Waals surface area contributed by atoms with E-state index in [1.165, 1.54) is 6.07 Å². The molecule has 2 atom stereocenters. The zero-order valence-electron chi connectivity index (χ0n) is 16.8. The van der Waals surface area contributed by atoms with Gasteiger partial charge in [-0.05, 0) is 51.7 Å². The highest BCUT2D eigenvalue weighted by atomic mass is 19.4. The Balaban J connectivity index is 1.84. The number of halogens is 3. The van der Waals surface area contributed by atoms with Crippen molar-refractivity contribution in [1.82, 2.24) is 25.1 Å². The van der Waals surface area contributed by atoms with E-state index in [1.54, 1.807) is 26.8 Å². The summed E-state index contributed by atoms with van der Waals surface area (Å²) in [5, 5.41) is 13.7. The van der Waals surface area contributed by atoms with Gasteiger partial charge in [0.2, 0.25) is 0 Å². The van der Waals surface area contributed by atoms with E-state index in [-0.39, 0.29) is 17.6 Å². The van der Waals surface area contributed by atoms with Crippen LogP contribution in [0.1, 0.15) is 46.4 Å². The van der Waals surface area contributed by atoms with Gasteiger partial charge in [-0.3, -0.25) is 0 Å². The minimum atomic E-state index is -4.65. The molecule has 11 heteroatoms. The molecule has 1 aliphatic heterocycles. The highest BCUT2D eigenvalue weighted by Gasteiger charge is 2.38. The van der Waals surface area contributed by atoms with E-state index < -0.39 is 23.7 Å². The largest absolute Gasteiger partial charge is 0.453 e. The lowest BCUT2D eigenvalue weighted by Crippen LogP contribution is -2.51. The molecule has 160 valence electrons. The van der Waals surface area contributed by atoms with Crippen LogP contribution in [0.4, 0.5) is 23.8 Å². The number of nitrogens with zero attached hydrogens (tertiary/aromatic N) is 5. The van der Waals surface area contributed by atoms with Crippen LogP contribution in [-0.4, -0.2) is 50.6 Å². The van der Waals surface area contributed by atoms with Crippen LogP contribution in [0, 0.1) is 5.92 Å². The summed E-state index contributed by atoms with van der Waals surface area (Å²) in [6.45, 7) is 8.29. The number of alkyl halides is 3. The van der Waals surface area contributed by atoms with Crippen molar-refractivity contribution in [3.05, 3.63) is 18.0 Å². The number of anilines is 1. The second-order valence-corrected chi connectivity index (χ2v) is 8.25. The first-order chi connectivity index (χ1) is 13.5. The Kier molecular flexibility index (Phi) is 5.59. The molecular formula is C18H25F3N6O2. The quantitative estimate of drug-likeness (QED) is 0.830. The van der Waals surface area contributed by atoms with Crippen LogP contribution >= 0.6 is 0 Å². The number of carbonyl (C=O) groups excluding carboxylic acids is 1. The molecule has 8 nitrogen and oxygen atoms in total. The van der Waals surface area contributed by atoms with E-state index in [9.17, 15) is 18.0 Å². The highest BCUT2D eigenvalue weighted by Crippen LogP contribution is 2.30. The van der Waals surface area contributed by atoms with Gasteiger partial charge in [-0.1, -0.05) is 6.92 Å². The van der Waals surface area contributed by atoms with Crippen molar-refractivity contribution in [3.63, 3.8) is 0 Å². The molecule has 2 aromatic rings. The van der Waals surface area contributed by atoms with Crippen LogP contribution in [0.5, 0.6) is 0 Å². The Morgan fingerprint density at radius 3 is 2.66 bits per heavy atom. The van der Waals surface area contributed by atoms with Gasteiger partial charge < -0.3 is 15.0 Å². The number of rotatable bonds is 3. The molecular weight excluding hydrogens is 389 g/mol. The average Bonchev–Trinajstić information content (AvgIpc) is 3.02. The summed E-state index contributed by atoms with van der Waals surface area (Å²) in [5.41, 5.74) is -0.591. The van der Waals surface area contributed by atoms with Gasteiger partial charge in [0.05, 0.1) is 6.04 Å². The fourth-order valence-electron chi connectivity index (χ4n) is 3.46. The standard InChI is InChI=1S/C18H25F3N6O2/c1-11-6-5-9-26(12(11)10-22-16(28)29-17(2,3)4)14-8-7-13-23-24-15(18(19,20)21)27(13)25-14/h7-8,11-12H,5-6,9-10H2,1-4H3,(H,22,28). The molecule has 1 fully saturated rings. The normalized spacial score (nSPS) is 20.7. The van der Waals surface area contributed by atoms with E-state index in [0.29, 0.717) is 23.4 Å². The SMILES string of the molecule is CC1CCCN(c2ccc3nnc(C(F)(F)F)n3n2)C1CNC(=O)OC(C)(C)C. The lowest BCUT2D eigenvalue weighted by atomic mass is 9.90. The minimum absolute atomic E-state index is 0.0227. The third kappa shape index (κ3) is 4.88. The monoisotopic (exact) mass is 414 g/mol. The number of alkyl carbamates (subject to hydrolysis) is 1. The Bertz CT molecular complexity index is 877. The summed E-state index contributed by atoms with van der Waals surface area (Å²) in [5.74, 6) is -0.577. The molecule has 1 N–H and O–H groups in total. The second kappa shape index (κ2) is 7.68. The van der Waals surface area contributed by atoms with E-state index in [0.717, 1.165) is 12.8 Å². The van der Waals surface area contributed by atoms with Gasteiger partial charge in [-0.15, -0.1) is 15.3 Å². The summed E-state index contributed by atoms with van der Waals surface area (Å²) in [6.07, 6.45) is -3.37. The molecule has 0 aliphatic carbocycles. The molecule has 1 amide bonds. The maximum atomic E-state index is 13.2. The molecule has 2 unspecified atom stereocenters. The predicted molar refractivity (Wildman–Crippen MR) is 99.6 cm³/mol. The molecule has 0 aromatic carbocycles. The summed E-state index contributed by atoms with van der Waals surface area (Å²) in [4.78, 5) is 14.0. The smallest absolute Gasteiger partial charge is 0.444 e. The van der Waals surface area contributed by atoms with Crippen molar-refractivity contribution in [2.24, 2.45) is 5.92 Å². The van der Waals surface area contributed by atoms with E-state index in [1.807, 2.05) is 11.8 Å². The van der Waals surface area contributed by atoms with Crippen LogP contribution in [0.15, 0.2) is 12.1 Å². The van der Waals surface area contributed by atoms with E-state index >= 15 is 0 Å². The maximum absolute atomic E-state index is 13.2. The van der Waals surface area contributed by atoms with E-state index in [4.69, 9.17) is 4.74 Å².